The minimum Gasteiger partial charge on any atom is -0.478 e. The molecule has 0 saturated carbocycles. The van der Waals surface area contributed by atoms with E-state index >= 15 is 0 Å². The van der Waals surface area contributed by atoms with Crippen molar-refractivity contribution in [3.05, 3.63) is 53.2 Å². The Balaban J connectivity index is 0.000000169. The Morgan fingerprint density at radius 2 is 2.00 bits per heavy atom. The average molecular weight is 397 g/mol. The number of aryl methyl sites for hydroxylation is 1. The van der Waals surface area contributed by atoms with Crippen molar-refractivity contribution < 1.29 is 13.9 Å². The largest absolute Gasteiger partial charge is 0.478 e. The maximum Gasteiger partial charge on any atom is 0.257 e. The van der Waals surface area contributed by atoms with E-state index in [1.54, 1.807) is 19.1 Å². The summed E-state index contributed by atoms with van der Waals surface area (Å²) in [7, 11) is 1.45. The summed E-state index contributed by atoms with van der Waals surface area (Å²) in [5.41, 5.74) is 14.2. The zero-order valence-electron chi connectivity index (χ0n) is 15.9. The molecule has 1 aromatic carbocycles. The number of nitrogens with zero attached hydrogens (tertiary/aromatic N) is 4. The maximum atomic E-state index is 13.0. The van der Waals surface area contributed by atoms with Crippen molar-refractivity contribution in [2.75, 3.05) is 25.1 Å². The molecule has 10 heteroatoms. The van der Waals surface area contributed by atoms with Gasteiger partial charge in [-0.1, -0.05) is 12.1 Å². The van der Waals surface area contributed by atoms with Crippen LogP contribution in [0.25, 0.3) is 11.3 Å². The van der Waals surface area contributed by atoms with Crippen LogP contribution in [0.4, 0.5) is 16.2 Å². The molecule has 9 nitrogen and oxygen atoms in total. The summed E-state index contributed by atoms with van der Waals surface area (Å²) < 4.78 is 18.0. The van der Waals surface area contributed by atoms with Crippen molar-refractivity contribution >= 4 is 17.7 Å². The Hall–Kier alpha value is -3.82. The Labute approximate surface area is 166 Å². The van der Waals surface area contributed by atoms with Gasteiger partial charge >= 0.3 is 0 Å². The van der Waals surface area contributed by atoms with Gasteiger partial charge in [0.1, 0.15) is 5.82 Å². The number of methoxy groups -OCH3 is 1. The van der Waals surface area contributed by atoms with Crippen molar-refractivity contribution in [2.24, 2.45) is 0 Å². The van der Waals surface area contributed by atoms with E-state index in [0.29, 0.717) is 29.1 Å². The second-order valence-electron chi connectivity index (χ2n) is 6.15. The summed E-state index contributed by atoms with van der Waals surface area (Å²) in [5, 5.41) is 2.74. The lowest BCUT2D eigenvalue weighted by Gasteiger charge is -2.16. The molecule has 1 aliphatic heterocycles. The highest BCUT2D eigenvalue weighted by atomic mass is 19.1. The molecule has 3 heterocycles. The molecule has 0 atom stereocenters. The fourth-order valence-electron chi connectivity index (χ4n) is 2.83. The topological polar surface area (TPSA) is 142 Å². The van der Waals surface area contributed by atoms with E-state index in [1.807, 2.05) is 0 Å². The number of anilines is 2. The standard InChI is InChI=1S/C11H10FN3O.C8H10N4O/c1-16-11-10(13)14-6-9(15-11)7-3-2-4-8(12)5-7;1-4-6-5(12-8(9)11-4)2-3-10-7(6)13/h2-6H,1H3,(H2,13,14);2-3H2,1H3,(H,10,13)(H2,9,11,12). The maximum absolute atomic E-state index is 13.0. The third kappa shape index (κ3) is 4.54. The molecule has 150 valence electrons. The molecule has 1 amide bonds. The molecule has 0 radical (unpaired) electrons. The highest BCUT2D eigenvalue weighted by Gasteiger charge is 2.21. The van der Waals surface area contributed by atoms with Crippen LogP contribution in [0.5, 0.6) is 5.88 Å². The Morgan fingerprint density at radius 3 is 2.72 bits per heavy atom. The number of nitrogen functional groups attached to an aromatic ring is 2. The number of hydrogen-bond acceptors (Lipinski definition) is 8. The molecule has 1 aliphatic rings. The predicted octanol–water partition coefficient (Wildman–Crippen LogP) is 1.53. The molecule has 0 fully saturated rings. The SMILES string of the molecule is COc1nc(-c2cccc(F)c2)cnc1N.Cc1nc(N)nc2c1C(=O)NCC2. The first kappa shape index (κ1) is 19.9. The fourth-order valence-corrected chi connectivity index (χ4v) is 2.83. The molecule has 0 aliphatic carbocycles. The summed E-state index contributed by atoms with van der Waals surface area (Å²) in [6.07, 6.45) is 2.21. The molecule has 4 rings (SSSR count). The van der Waals surface area contributed by atoms with Crippen molar-refractivity contribution in [3.8, 4) is 17.1 Å². The number of hydrogen-bond donors (Lipinski definition) is 3. The monoisotopic (exact) mass is 397 g/mol. The van der Waals surface area contributed by atoms with Gasteiger partial charge in [-0.2, -0.15) is 0 Å². The van der Waals surface area contributed by atoms with Crippen LogP contribution in [0.3, 0.4) is 0 Å². The number of nitrogens with two attached hydrogens (primary N) is 2. The third-order valence-electron chi connectivity index (χ3n) is 4.14. The predicted molar refractivity (Wildman–Crippen MR) is 106 cm³/mol. The number of benzene rings is 1. The minimum atomic E-state index is -0.324. The zero-order chi connectivity index (χ0) is 21.0. The Bertz CT molecular complexity index is 1060. The molecule has 5 N–H and O–H groups in total. The van der Waals surface area contributed by atoms with Crippen LogP contribution >= 0.6 is 0 Å². The smallest absolute Gasteiger partial charge is 0.257 e. The number of carbonyl (C=O) groups is 1. The number of halogens is 1. The van der Waals surface area contributed by atoms with E-state index in [1.165, 1.54) is 25.4 Å². The van der Waals surface area contributed by atoms with E-state index in [0.717, 1.165) is 12.1 Å². The van der Waals surface area contributed by atoms with Gasteiger partial charge in [-0.05, 0) is 19.1 Å². The third-order valence-corrected chi connectivity index (χ3v) is 4.14. The number of aromatic nitrogens is 4. The van der Waals surface area contributed by atoms with Gasteiger partial charge in [0.2, 0.25) is 5.95 Å². The van der Waals surface area contributed by atoms with Crippen LogP contribution < -0.4 is 21.5 Å². The van der Waals surface area contributed by atoms with E-state index < -0.39 is 0 Å². The van der Waals surface area contributed by atoms with Crippen molar-refractivity contribution in [2.45, 2.75) is 13.3 Å². The number of nitrogens with one attached hydrogen (secondary N) is 1. The summed E-state index contributed by atoms with van der Waals surface area (Å²) in [4.78, 5) is 27.4. The van der Waals surface area contributed by atoms with Crippen LogP contribution in [-0.2, 0) is 6.42 Å². The van der Waals surface area contributed by atoms with Gasteiger partial charge in [0.05, 0.1) is 36.0 Å². The minimum absolute atomic E-state index is 0.0984. The highest BCUT2D eigenvalue weighted by Crippen LogP contribution is 2.22. The van der Waals surface area contributed by atoms with Crippen LogP contribution in [0.1, 0.15) is 21.7 Å². The molecule has 2 aromatic heterocycles. The van der Waals surface area contributed by atoms with Gasteiger partial charge in [-0.25, -0.2) is 24.3 Å². The molecule has 3 aromatic rings. The molecular formula is C19H20FN7O2. The van der Waals surface area contributed by atoms with Crippen molar-refractivity contribution in [3.63, 3.8) is 0 Å². The highest BCUT2D eigenvalue weighted by molar-refractivity contribution is 5.97. The fraction of sp³-hybridized carbons (Fsp3) is 0.211. The van der Waals surface area contributed by atoms with E-state index in [4.69, 9.17) is 16.2 Å². The average Bonchev–Trinajstić information content (AvgIpc) is 2.68. The first-order valence-corrected chi connectivity index (χ1v) is 8.72. The molecule has 29 heavy (non-hydrogen) atoms. The van der Waals surface area contributed by atoms with Crippen molar-refractivity contribution in [1.29, 1.82) is 0 Å². The first-order chi connectivity index (χ1) is 13.9. The van der Waals surface area contributed by atoms with E-state index in [9.17, 15) is 9.18 Å². The number of rotatable bonds is 2. The second kappa shape index (κ2) is 8.46. The summed E-state index contributed by atoms with van der Waals surface area (Å²) in [5.74, 6) is 0.268. The lowest BCUT2D eigenvalue weighted by Crippen LogP contribution is -2.33. The number of fused-ring (bicyclic) bond motifs is 1. The summed E-state index contributed by atoms with van der Waals surface area (Å²) in [6, 6.07) is 6.09. The van der Waals surface area contributed by atoms with Gasteiger partial charge < -0.3 is 21.5 Å². The van der Waals surface area contributed by atoms with Gasteiger partial charge in [-0.3, -0.25) is 4.79 Å². The van der Waals surface area contributed by atoms with E-state index in [2.05, 4.69) is 25.3 Å². The van der Waals surface area contributed by atoms with Crippen LogP contribution in [-0.4, -0.2) is 39.5 Å². The number of carbonyl (C=O) groups excluding carboxylic acids is 1. The van der Waals surface area contributed by atoms with Gasteiger partial charge in [-0.15, -0.1) is 0 Å². The van der Waals surface area contributed by atoms with Gasteiger partial charge in [0.25, 0.3) is 11.8 Å². The zero-order valence-corrected chi connectivity index (χ0v) is 15.9. The van der Waals surface area contributed by atoms with Gasteiger partial charge in [0, 0.05) is 18.5 Å². The number of amides is 1. The van der Waals surface area contributed by atoms with Crippen LogP contribution in [0, 0.1) is 12.7 Å². The lowest BCUT2D eigenvalue weighted by molar-refractivity contribution is 0.0944. The lowest BCUT2D eigenvalue weighted by atomic mass is 10.1. The Morgan fingerprint density at radius 1 is 1.21 bits per heavy atom. The summed E-state index contributed by atoms with van der Waals surface area (Å²) >= 11 is 0. The van der Waals surface area contributed by atoms with Crippen LogP contribution in [0.15, 0.2) is 30.5 Å². The molecule has 0 saturated heterocycles. The van der Waals surface area contributed by atoms with E-state index in [-0.39, 0.29) is 29.4 Å². The number of ether oxygens (including phenoxy) is 1. The molecular weight excluding hydrogens is 377 g/mol. The quantitative estimate of drug-likeness (QED) is 0.591. The van der Waals surface area contributed by atoms with Crippen molar-refractivity contribution in [1.82, 2.24) is 25.3 Å². The molecule has 0 bridgehead atoms. The normalized spacial score (nSPS) is 12.3. The first-order valence-electron chi connectivity index (χ1n) is 8.72. The Kier molecular flexibility index (Phi) is 5.82. The summed E-state index contributed by atoms with van der Waals surface area (Å²) in [6.45, 7) is 2.39. The molecule has 0 unspecified atom stereocenters. The molecule has 0 spiro atoms. The second-order valence-corrected chi connectivity index (χ2v) is 6.15. The van der Waals surface area contributed by atoms with Gasteiger partial charge in [0.15, 0.2) is 5.82 Å². The van der Waals surface area contributed by atoms with Crippen LogP contribution in [0.2, 0.25) is 0 Å².